The maximum atomic E-state index is 11.7. The Morgan fingerprint density at radius 3 is 1.96 bits per heavy atom. The van der Waals surface area contributed by atoms with Crippen molar-refractivity contribution in [2.45, 2.75) is 84.7 Å². The highest BCUT2D eigenvalue weighted by Gasteiger charge is 2.27. The number of hydrogen-bond donors (Lipinski definition) is 1. The average molecular weight is 341 g/mol. The summed E-state index contributed by atoms with van der Waals surface area (Å²) < 4.78 is 5.26. The van der Waals surface area contributed by atoms with Crippen molar-refractivity contribution in [2.24, 2.45) is 11.8 Å². The minimum absolute atomic E-state index is 0.186. The van der Waals surface area contributed by atoms with Crippen molar-refractivity contribution in [3.05, 3.63) is 0 Å². The van der Waals surface area contributed by atoms with Gasteiger partial charge in [0.25, 0.3) is 0 Å². The van der Waals surface area contributed by atoms with E-state index in [-0.39, 0.29) is 18.4 Å². The molecule has 0 bridgehead atoms. The Morgan fingerprint density at radius 1 is 1.04 bits per heavy atom. The fourth-order valence-corrected chi connectivity index (χ4v) is 3.20. The normalized spacial score (nSPS) is 20.1. The van der Waals surface area contributed by atoms with E-state index in [0.717, 1.165) is 18.8 Å². The maximum absolute atomic E-state index is 11.7. The topological polar surface area (TPSA) is 66.8 Å². The highest BCUT2D eigenvalue weighted by Crippen LogP contribution is 2.22. The van der Waals surface area contributed by atoms with Gasteiger partial charge in [0.2, 0.25) is 0 Å². The number of piperidine rings is 1. The minimum Gasteiger partial charge on any atom is -0.481 e. The molecule has 24 heavy (non-hydrogen) atoms. The van der Waals surface area contributed by atoms with Crippen molar-refractivity contribution in [1.82, 2.24) is 4.90 Å². The molecule has 0 unspecified atom stereocenters. The quantitative estimate of drug-likeness (QED) is 0.791. The Bertz CT molecular complexity index is 389. The molecular formula is C19H35NO4. The molecule has 5 heteroatoms. The van der Waals surface area contributed by atoms with Gasteiger partial charge in [0.1, 0.15) is 5.60 Å². The predicted octanol–water partition coefficient (Wildman–Crippen LogP) is 4.69. The van der Waals surface area contributed by atoms with E-state index >= 15 is 0 Å². The van der Waals surface area contributed by atoms with Gasteiger partial charge in [-0.3, -0.25) is 4.79 Å². The summed E-state index contributed by atoms with van der Waals surface area (Å²) in [5.41, 5.74) is -0.477. The SMILES string of the molecule is CC(C)(C)OC(=O)N1CCC(CC(=O)O)CC1.CC1CCCCC1. The van der Waals surface area contributed by atoms with Crippen LogP contribution < -0.4 is 0 Å². The number of carboxylic acid groups (broad SMARTS) is 1. The van der Waals surface area contributed by atoms with Gasteiger partial charge in [-0.05, 0) is 45.4 Å². The van der Waals surface area contributed by atoms with E-state index in [1.165, 1.54) is 32.1 Å². The number of carbonyl (C=O) groups is 2. The molecule has 1 aliphatic heterocycles. The molecule has 1 saturated carbocycles. The van der Waals surface area contributed by atoms with Crippen molar-refractivity contribution < 1.29 is 19.4 Å². The van der Waals surface area contributed by atoms with Crippen LogP contribution in [0.5, 0.6) is 0 Å². The lowest BCUT2D eigenvalue weighted by Gasteiger charge is -2.32. The number of carbonyl (C=O) groups excluding carboxylic acids is 1. The van der Waals surface area contributed by atoms with E-state index in [1.807, 2.05) is 20.8 Å². The number of rotatable bonds is 2. The summed E-state index contributed by atoms with van der Waals surface area (Å²) in [6.45, 7) is 9.05. The molecule has 1 amide bonds. The number of aliphatic carboxylic acids is 1. The van der Waals surface area contributed by atoms with Crippen LogP contribution in [-0.4, -0.2) is 40.8 Å². The molecular weight excluding hydrogens is 306 g/mol. The fraction of sp³-hybridized carbons (Fsp3) is 0.895. The van der Waals surface area contributed by atoms with Crippen LogP contribution in [0.25, 0.3) is 0 Å². The Kier molecular flexibility index (Phi) is 8.57. The summed E-state index contributed by atoms with van der Waals surface area (Å²) in [6.07, 6.45) is 8.82. The first kappa shape index (κ1) is 20.8. The van der Waals surface area contributed by atoms with Gasteiger partial charge in [-0.15, -0.1) is 0 Å². The smallest absolute Gasteiger partial charge is 0.410 e. The van der Waals surface area contributed by atoms with Gasteiger partial charge in [0.15, 0.2) is 0 Å². The molecule has 0 aromatic rings. The average Bonchev–Trinajstić information content (AvgIpc) is 2.47. The van der Waals surface area contributed by atoms with Crippen LogP contribution in [0.15, 0.2) is 0 Å². The number of hydrogen-bond acceptors (Lipinski definition) is 3. The predicted molar refractivity (Wildman–Crippen MR) is 95.0 cm³/mol. The van der Waals surface area contributed by atoms with Gasteiger partial charge in [0, 0.05) is 19.5 Å². The second-order valence-electron chi connectivity index (χ2n) is 8.25. The molecule has 1 N–H and O–H groups in total. The fourth-order valence-electron chi connectivity index (χ4n) is 3.20. The molecule has 0 radical (unpaired) electrons. The van der Waals surface area contributed by atoms with E-state index in [4.69, 9.17) is 9.84 Å². The Hall–Kier alpha value is -1.26. The van der Waals surface area contributed by atoms with E-state index in [9.17, 15) is 9.59 Å². The first-order valence-corrected chi connectivity index (χ1v) is 9.37. The molecule has 1 aliphatic carbocycles. The molecule has 1 saturated heterocycles. The summed E-state index contributed by atoms with van der Waals surface area (Å²) >= 11 is 0. The van der Waals surface area contributed by atoms with E-state index in [1.54, 1.807) is 4.90 Å². The van der Waals surface area contributed by atoms with E-state index in [0.29, 0.717) is 13.1 Å². The van der Waals surface area contributed by atoms with Crippen LogP contribution in [0.1, 0.15) is 79.1 Å². The molecule has 2 fully saturated rings. The monoisotopic (exact) mass is 341 g/mol. The van der Waals surface area contributed by atoms with Crippen LogP contribution in [0.3, 0.4) is 0 Å². The standard InChI is InChI=1S/C12H21NO4.C7H14/c1-12(2,3)17-11(16)13-6-4-9(5-7-13)8-10(14)15;1-7-5-3-2-4-6-7/h9H,4-8H2,1-3H3,(H,14,15);7H,2-6H2,1H3. The number of carboxylic acids is 1. The van der Waals surface area contributed by atoms with Gasteiger partial charge >= 0.3 is 12.1 Å². The van der Waals surface area contributed by atoms with E-state index < -0.39 is 11.6 Å². The summed E-state index contributed by atoms with van der Waals surface area (Å²) in [5.74, 6) is 0.459. The zero-order valence-electron chi connectivity index (χ0n) is 15.8. The molecule has 1 heterocycles. The largest absolute Gasteiger partial charge is 0.481 e. The Labute approximate surface area is 146 Å². The van der Waals surface area contributed by atoms with Gasteiger partial charge in [-0.25, -0.2) is 4.79 Å². The highest BCUT2D eigenvalue weighted by molar-refractivity contribution is 5.69. The highest BCUT2D eigenvalue weighted by atomic mass is 16.6. The molecule has 0 atom stereocenters. The lowest BCUT2D eigenvalue weighted by atomic mass is 9.91. The number of likely N-dealkylation sites (tertiary alicyclic amines) is 1. The zero-order valence-corrected chi connectivity index (χ0v) is 15.8. The third-order valence-electron chi connectivity index (χ3n) is 4.62. The summed E-state index contributed by atoms with van der Waals surface area (Å²) in [5, 5.41) is 8.69. The first-order chi connectivity index (χ1) is 11.2. The number of amides is 1. The molecule has 2 aliphatic rings. The molecule has 0 spiro atoms. The van der Waals surface area contributed by atoms with Crippen molar-refractivity contribution in [3.63, 3.8) is 0 Å². The molecule has 5 nitrogen and oxygen atoms in total. The van der Waals surface area contributed by atoms with Crippen molar-refractivity contribution in [2.75, 3.05) is 13.1 Å². The number of ether oxygens (including phenoxy) is 1. The second-order valence-corrected chi connectivity index (χ2v) is 8.25. The third-order valence-corrected chi connectivity index (χ3v) is 4.62. The molecule has 0 aromatic carbocycles. The molecule has 140 valence electrons. The van der Waals surface area contributed by atoms with Crippen molar-refractivity contribution in [3.8, 4) is 0 Å². The van der Waals surface area contributed by atoms with Crippen LogP contribution in [0.2, 0.25) is 0 Å². The van der Waals surface area contributed by atoms with E-state index in [2.05, 4.69) is 6.92 Å². The van der Waals surface area contributed by atoms with Crippen LogP contribution in [-0.2, 0) is 9.53 Å². The Balaban J connectivity index is 0.000000341. The lowest BCUT2D eigenvalue weighted by Crippen LogP contribution is -2.42. The van der Waals surface area contributed by atoms with Gasteiger partial charge < -0.3 is 14.7 Å². The van der Waals surface area contributed by atoms with Gasteiger partial charge in [-0.2, -0.15) is 0 Å². The summed E-state index contributed by atoms with van der Waals surface area (Å²) in [6, 6.07) is 0. The van der Waals surface area contributed by atoms with Crippen molar-refractivity contribution in [1.29, 1.82) is 0 Å². The van der Waals surface area contributed by atoms with Gasteiger partial charge in [0.05, 0.1) is 0 Å². The molecule has 2 rings (SSSR count). The number of nitrogens with zero attached hydrogens (tertiary/aromatic N) is 1. The lowest BCUT2D eigenvalue weighted by molar-refractivity contribution is -0.138. The zero-order chi connectivity index (χ0) is 18.2. The summed E-state index contributed by atoms with van der Waals surface area (Å²) in [4.78, 5) is 24.0. The second kappa shape index (κ2) is 9.90. The molecule has 0 aromatic heterocycles. The minimum atomic E-state index is -0.763. The van der Waals surface area contributed by atoms with Crippen molar-refractivity contribution >= 4 is 12.1 Å². The third kappa shape index (κ3) is 9.14. The Morgan fingerprint density at radius 2 is 1.58 bits per heavy atom. The summed E-state index contributed by atoms with van der Waals surface area (Å²) in [7, 11) is 0. The van der Waals surface area contributed by atoms with Crippen LogP contribution in [0, 0.1) is 11.8 Å². The van der Waals surface area contributed by atoms with Crippen LogP contribution in [0.4, 0.5) is 4.79 Å². The van der Waals surface area contributed by atoms with Gasteiger partial charge in [-0.1, -0.05) is 39.0 Å². The maximum Gasteiger partial charge on any atom is 0.410 e. The first-order valence-electron chi connectivity index (χ1n) is 9.37. The van der Waals surface area contributed by atoms with Crippen LogP contribution >= 0.6 is 0 Å².